The van der Waals surface area contributed by atoms with Gasteiger partial charge in [-0.25, -0.2) is 0 Å². The average Bonchev–Trinajstić information content (AvgIpc) is 2.74. The van der Waals surface area contributed by atoms with Crippen molar-refractivity contribution in [3.63, 3.8) is 0 Å². The molecule has 0 saturated carbocycles. The molecule has 0 aliphatic rings. The Morgan fingerprint density at radius 3 is 2.68 bits per heavy atom. The van der Waals surface area contributed by atoms with Gasteiger partial charge in [0.25, 0.3) is 0 Å². The summed E-state index contributed by atoms with van der Waals surface area (Å²) in [6, 6.07) is 7.20. The molecule has 0 unspecified atom stereocenters. The molecule has 19 heavy (non-hydrogen) atoms. The molecule has 0 aliphatic carbocycles. The molecule has 100 valence electrons. The van der Waals surface area contributed by atoms with Crippen LogP contribution in [0.5, 0.6) is 5.75 Å². The Morgan fingerprint density at radius 2 is 2.16 bits per heavy atom. The Morgan fingerprint density at radius 1 is 1.42 bits per heavy atom. The normalized spacial score (nSPS) is 10.5. The first-order chi connectivity index (χ1) is 8.97. The largest absolute Gasteiger partial charge is 0.507 e. The lowest BCUT2D eigenvalue weighted by Crippen LogP contribution is -2.15. The van der Waals surface area contributed by atoms with Gasteiger partial charge in [0.15, 0.2) is 5.78 Å². The van der Waals surface area contributed by atoms with E-state index in [-0.39, 0.29) is 11.5 Å². The Labute approximate surface area is 124 Å². The Hall–Kier alpha value is -1.33. The summed E-state index contributed by atoms with van der Waals surface area (Å²) in [5, 5.41) is 11.9. The molecule has 0 atom stereocenters. The second-order valence-electron chi connectivity index (χ2n) is 4.37. The van der Waals surface area contributed by atoms with E-state index in [0.717, 1.165) is 16.0 Å². The number of aromatic hydroxyl groups is 1. The molecule has 0 bridgehead atoms. The number of anilines is 1. The van der Waals surface area contributed by atoms with Crippen molar-refractivity contribution >= 4 is 38.7 Å². The van der Waals surface area contributed by atoms with Gasteiger partial charge in [-0.3, -0.25) is 4.79 Å². The number of carbonyl (C=O) groups excluding carboxylic acids is 1. The van der Waals surface area contributed by atoms with Gasteiger partial charge in [0.1, 0.15) is 5.75 Å². The number of phenols is 1. The summed E-state index contributed by atoms with van der Waals surface area (Å²) in [5.41, 5.74) is 2.44. The quantitative estimate of drug-likeness (QED) is 0.854. The second-order valence-corrected chi connectivity index (χ2v) is 6.66. The zero-order chi connectivity index (χ0) is 14.0. The highest BCUT2D eigenvalue weighted by Crippen LogP contribution is 2.27. The Kier molecular flexibility index (Phi) is 4.27. The minimum Gasteiger partial charge on any atom is -0.507 e. The first kappa shape index (κ1) is 14.1. The highest BCUT2D eigenvalue weighted by Gasteiger charge is 2.10. The SMILES string of the molecule is CC(=O)c1ccc(N(C)Cc2csc(Br)c2)cc1O. The number of nitrogens with zero attached hydrogens (tertiary/aromatic N) is 1. The molecule has 0 fully saturated rings. The topological polar surface area (TPSA) is 40.5 Å². The van der Waals surface area contributed by atoms with Crippen LogP contribution in [0.1, 0.15) is 22.8 Å². The van der Waals surface area contributed by atoms with E-state index < -0.39 is 0 Å². The molecule has 1 aromatic heterocycles. The molecule has 2 aromatic rings. The molecular formula is C14H14BrNO2S. The number of carbonyl (C=O) groups is 1. The predicted octanol–water partition coefficient (Wildman–Crippen LogP) is 4.06. The zero-order valence-electron chi connectivity index (χ0n) is 10.7. The van der Waals surface area contributed by atoms with Crippen molar-refractivity contribution < 1.29 is 9.90 Å². The fraction of sp³-hybridized carbons (Fsp3) is 0.214. The maximum absolute atomic E-state index is 11.3. The standard InChI is InChI=1S/C14H14BrNO2S/c1-9(17)12-4-3-11(6-13(12)18)16(2)7-10-5-14(15)19-8-10/h3-6,8,18H,7H2,1-2H3. The Bertz CT molecular complexity index is 609. The molecule has 1 heterocycles. The summed E-state index contributed by atoms with van der Waals surface area (Å²) >= 11 is 5.08. The summed E-state index contributed by atoms with van der Waals surface area (Å²) in [5.74, 6) is -0.100. The van der Waals surface area contributed by atoms with Gasteiger partial charge in [0.05, 0.1) is 9.35 Å². The summed E-state index contributed by atoms with van der Waals surface area (Å²) in [6.45, 7) is 2.20. The van der Waals surface area contributed by atoms with Crippen molar-refractivity contribution in [2.75, 3.05) is 11.9 Å². The number of rotatable bonds is 4. The van der Waals surface area contributed by atoms with Gasteiger partial charge >= 0.3 is 0 Å². The fourth-order valence-corrected chi connectivity index (χ4v) is 3.05. The minimum atomic E-state index is -0.131. The van der Waals surface area contributed by atoms with E-state index in [9.17, 15) is 9.90 Å². The van der Waals surface area contributed by atoms with Crippen LogP contribution in [0.25, 0.3) is 0 Å². The third-order valence-electron chi connectivity index (χ3n) is 2.84. The van der Waals surface area contributed by atoms with Gasteiger partial charge in [-0.05, 0) is 52.0 Å². The van der Waals surface area contributed by atoms with E-state index in [4.69, 9.17) is 0 Å². The van der Waals surface area contributed by atoms with Gasteiger partial charge in [0.2, 0.25) is 0 Å². The van der Waals surface area contributed by atoms with Crippen LogP contribution >= 0.6 is 27.3 Å². The minimum absolute atomic E-state index is 0.0309. The van der Waals surface area contributed by atoms with E-state index in [2.05, 4.69) is 27.4 Å². The molecule has 3 nitrogen and oxygen atoms in total. The van der Waals surface area contributed by atoms with Crippen LogP contribution < -0.4 is 4.90 Å². The van der Waals surface area contributed by atoms with Crippen molar-refractivity contribution in [2.45, 2.75) is 13.5 Å². The van der Waals surface area contributed by atoms with E-state index in [1.54, 1.807) is 23.5 Å². The van der Waals surface area contributed by atoms with Crippen LogP contribution in [-0.2, 0) is 6.54 Å². The van der Waals surface area contributed by atoms with Gasteiger partial charge < -0.3 is 10.0 Å². The molecule has 0 radical (unpaired) electrons. The molecule has 0 spiro atoms. The molecule has 0 saturated heterocycles. The van der Waals surface area contributed by atoms with Crippen LogP contribution in [0.15, 0.2) is 33.4 Å². The maximum atomic E-state index is 11.3. The van der Waals surface area contributed by atoms with Crippen molar-refractivity contribution in [1.82, 2.24) is 0 Å². The highest BCUT2D eigenvalue weighted by atomic mass is 79.9. The molecule has 0 amide bonds. The highest BCUT2D eigenvalue weighted by molar-refractivity contribution is 9.11. The van der Waals surface area contributed by atoms with Crippen molar-refractivity contribution in [2.24, 2.45) is 0 Å². The number of benzene rings is 1. The van der Waals surface area contributed by atoms with E-state index in [1.807, 2.05) is 18.0 Å². The first-order valence-corrected chi connectivity index (χ1v) is 7.42. The molecule has 1 aromatic carbocycles. The van der Waals surface area contributed by atoms with Crippen LogP contribution in [0.3, 0.4) is 0 Å². The van der Waals surface area contributed by atoms with Crippen LogP contribution in [-0.4, -0.2) is 17.9 Å². The van der Waals surface area contributed by atoms with Crippen LogP contribution in [0.2, 0.25) is 0 Å². The van der Waals surface area contributed by atoms with E-state index in [1.165, 1.54) is 12.5 Å². The lowest BCUT2D eigenvalue weighted by atomic mass is 10.1. The molecule has 1 N–H and O–H groups in total. The third-order valence-corrected chi connectivity index (χ3v) is 4.40. The molecule has 2 rings (SSSR count). The van der Waals surface area contributed by atoms with Crippen LogP contribution in [0.4, 0.5) is 5.69 Å². The predicted molar refractivity (Wildman–Crippen MR) is 82.2 cm³/mol. The number of phenolic OH excluding ortho intramolecular Hbond substituents is 1. The number of halogens is 1. The average molecular weight is 340 g/mol. The number of ketones is 1. The van der Waals surface area contributed by atoms with Gasteiger partial charge in [-0.15, -0.1) is 11.3 Å². The summed E-state index contributed by atoms with van der Waals surface area (Å²) in [6.07, 6.45) is 0. The van der Waals surface area contributed by atoms with Gasteiger partial charge in [-0.2, -0.15) is 0 Å². The van der Waals surface area contributed by atoms with Crippen molar-refractivity contribution in [1.29, 1.82) is 0 Å². The third kappa shape index (κ3) is 3.36. The van der Waals surface area contributed by atoms with Gasteiger partial charge in [-0.1, -0.05) is 0 Å². The van der Waals surface area contributed by atoms with Crippen molar-refractivity contribution in [3.05, 3.63) is 44.6 Å². The van der Waals surface area contributed by atoms with E-state index >= 15 is 0 Å². The monoisotopic (exact) mass is 339 g/mol. The maximum Gasteiger partial charge on any atom is 0.163 e. The molecule has 0 aliphatic heterocycles. The number of hydrogen-bond acceptors (Lipinski definition) is 4. The van der Waals surface area contributed by atoms with Crippen molar-refractivity contribution in [3.8, 4) is 5.75 Å². The summed E-state index contributed by atoms with van der Waals surface area (Å²) < 4.78 is 1.10. The fourth-order valence-electron chi connectivity index (χ4n) is 1.85. The number of Topliss-reactive ketones (excluding diaryl/α,β-unsaturated/α-hetero) is 1. The number of hydrogen-bond donors (Lipinski definition) is 1. The Balaban J connectivity index is 2.17. The smallest absolute Gasteiger partial charge is 0.163 e. The second kappa shape index (κ2) is 5.75. The molecule has 5 heteroatoms. The van der Waals surface area contributed by atoms with E-state index in [0.29, 0.717) is 5.56 Å². The summed E-state index contributed by atoms with van der Waals surface area (Å²) in [4.78, 5) is 13.3. The summed E-state index contributed by atoms with van der Waals surface area (Å²) in [7, 11) is 1.95. The lowest BCUT2D eigenvalue weighted by molar-refractivity contribution is 0.101. The van der Waals surface area contributed by atoms with Crippen LogP contribution in [0, 0.1) is 0 Å². The lowest BCUT2D eigenvalue weighted by Gasteiger charge is -2.19. The molecular weight excluding hydrogens is 326 g/mol. The first-order valence-electron chi connectivity index (χ1n) is 5.75. The zero-order valence-corrected chi connectivity index (χ0v) is 13.1. The van der Waals surface area contributed by atoms with Gasteiger partial charge in [0, 0.05) is 25.3 Å². The number of thiophene rings is 1.